The van der Waals surface area contributed by atoms with Gasteiger partial charge in [0.1, 0.15) is 22.3 Å². The van der Waals surface area contributed by atoms with Gasteiger partial charge in [0, 0.05) is 11.4 Å². The highest BCUT2D eigenvalue weighted by atomic mass is 32.2. The summed E-state index contributed by atoms with van der Waals surface area (Å²) in [6.45, 7) is 6.21. The number of allylic oxidation sites excluding steroid dienone is 1. The number of esters is 1. The number of hydrogen-bond acceptors (Lipinski definition) is 9. The lowest BCUT2D eigenvalue weighted by molar-refractivity contribution is -0.115. The number of ether oxygens (including phenoxy) is 2. The number of rotatable bonds is 9. The van der Waals surface area contributed by atoms with Crippen molar-refractivity contribution in [1.82, 2.24) is 4.57 Å². The lowest BCUT2D eigenvalue weighted by Gasteiger charge is -2.18. The van der Waals surface area contributed by atoms with Gasteiger partial charge in [0.05, 0.1) is 30.0 Å². The van der Waals surface area contributed by atoms with Crippen molar-refractivity contribution in [1.29, 1.82) is 0 Å². The monoisotopic (exact) mass is 591 g/mol. The van der Waals surface area contributed by atoms with Gasteiger partial charge >= 0.3 is 5.97 Å². The number of nitrogens with zero attached hydrogens (tertiary/aromatic N) is 2. The van der Waals surface area contributed by atoms with Crippen LogP contribution in [-0.4, -0.2) is 56.5 Å². The van der Waals surface area contributed by atoms with E-state index < -0.39 is 39.1 Å². The van der Waals surface area contributed by atoms with Crippen molar-refractivity contribution >= 4 is 65.5 Å². The van der Waals surface area contributed by atoms with Gasteiger partial charge in [0.2, 0.25) is 5.91 Å². The average Bonchev–Trinajstić information content (AvgIpc) is 3.38. The number of anilines is 1. The molecule has 4 rings (SSSR count). The van der Waals surface area contributed by atoms with Crippen LogP contribution >= 0.6 is 22.7 Å². The lowest BCUT2D eigenvalue weighted by atomic mass is 9.88. The molecule has 2 amide bonds. The van der Waals surface area contributed by atoms with E-state index in [4.69, 9.17) is 9.47 Å². The highest BCUT2D eigenvalue weighted by Crippen LogP contribution is 2.40. The van der Waals surface area contributed by atoms with E-state index >= 15 is 0 Å². The summed E-state index contributed by atoms with van der Waals surface area (Å²) in [7, 11) is -1.34. The topological polar surface area (TPSA) is 133 Å². The number of carbonyl (C=O) groups is 3. The van der Waals surface area contributed by atoms with Gasteiger partial charge in [-0.15, -0.1) is 17.9 Å². The van der Waals surface area contributed by atoms with Gasteiger partial charge in [-0.3, -0.25) is 9.59 Å². The van der Waals surface area contributed by atoms with E-state index in [0.29, 0.717) is 29.4 Å². The smallest absolute Gasteiger partial charge is 0.341 e. The van der Waals surface area contributed by atoms with Gasteiger partial charge in [0.15, 0.2) is 14.6 Å². The number of sulfone groups is 1. The average molecular weight is 592 g/mol. The molecule has 0 spiro atoms. The van der Waals surface area contributed by atoms with Crippen molar-refractivity contribution in [3.63, 3.8) is 0 Å². The molecule has 0 bridgehead atoms. The van der Waals surface area contributed by atoms with Crippen LogP contribution in [-0.2, 0) is 43.5 Å². The van der Waals surface area contributed by atoms with E-state index in [0.717, 1.165) is 33.5 Å². The second kappa shape index (κ2) is 11.8. The Bertz CT molecular complexity index is 1630. The van der Waals surface area contributed by atoms with Gasteiger partial charge in [-0.05, 0) is 48.9 Å². The van der Waals surface area contributed by atoms with Crippen molar-refractivity contribution in [3.05, 3.63) is 51.7 Å². The Kier molecular flexibility index (Phi) is 8.72. The lowest BCUT2D eigenvalue weighted by Crippen LogP contribution is -2.28. The number of thiophene rings is 1. The summed E-state index contributed by atoms with van der Waals surface area (Å²) in [5, 5.41) is 2.83. The summed E-state index contributed by atoms with van der Waals surface area (Å²) in [5.41, 5.74) is 1.91. The third-order valence-electron chi connectivity index (χ3n) is 6.27. The van der Waals surface area contributed by atoms with Crippen molar-refractivity contribution in [2.75, 3.05) is 31.0 Å². The molecule has 1 unspecified atom stereocenters. The van der Waals surface area contributed by atoms with Gasteiger partial charge < -0.3 is 19.4 Å². The normalized spacial score (nSPS) is 15.6. The molecule has 10 nitrogen and oxygen atoms in total. The molecule has 0 fully saturated rings. The maximum absolute atomic E-state index is 12.7. The molecule has 2 aromatic heterocycles. The Hall–Kier alpha value is -3.29. The number of hydrogen-bond donors (Lipinski definition) is 1. The van der Waals surface area contributed by atoms with E-state index in [9.17, 15) is 22.8 Å². The fourth-order valence-corrected chi connectivity index (χ4v) is 7.98. The first-order chi connectivity index (χ1) is 18.5. The minimum absolute atomic E-state index is 0.267. The number of methoxy groups -OCH3 is 2. The third-order valence-corrected chi connectivity index (χ3v) is 9.87. The fourth-order valence-electron chi connectivity index (χ4n) is 4.47. The largest absolute Gasteiger partial charge is 0.497 e. The SMILES string of the molecule is C=CCn1c(=NC(=O)CS(=O)(=O)CC(=O)Nc2sc3c(c2C(=O)OC)CCC(C)C3)sc2cc(OC)ccc21. The number of aromatic nitrogens is 1. The van der Waals surface area contributed by atoms with E-state index in [2.05, 4.69) is 23.8 Å². The van der Waals surface area contributed by atoms with Crippen LogP contribution < -0.4 is 14.9 Å². The molecular formula is C26H29N3O7S3. The summed E-state index contributed by atoms with van der Waals surface area (Å²) in [4.78, 5) is 43.2. The van der Waals surface area contributed by atoms with Crippen LogP contribution in [0.1, 0.15) is 34.1 Å². The predicted octanol–water partition coefficient (Wildman–Crippen LogP) is 3.35. The van der Waals surface area contributed by atoms with Gasteiger partial charge in [-0.2, -0.15) is 4.99 Å². The number of carbonyl (C=O) groups excluding carboxylic acids is 3. The molecule has 39 heavy (non-hydrogen) atoms. The minimum atomic E-state index is -4.15. The maximum atomic E-state index is 12.7. The van der Waals surface area contributed by atoms with Crippen molar-refractivity contribution in [2.24, 2.45) is 10.9 Å². The molecule has 0 radical (unpaired) electrons. The zero-order chi connectivity index (χ0) is 28.3. The Morgan fingerprint density at radius 1 is 1.23 bits per heavy atom. The second-order valence-corrected chi connectivity index (χ2v) is 13.4. The van der Waals surface area contributed by atoms with Crippen molar-refractivity contribution < 1.29 is 32.3 Å². The standard InChI is InChI=1S/C26H29N3O7S3/c1-5-10-29-18-9-7-16(35-3)12-20(18)38-26(29)28-22(31)14-39(33,34)13-21(30)27-24-23(25(32)36-4)17-8-6-15(2)11-19(17)37-24/h5,7,9,12,15H,1,6,8,10-11,13-14H2,2-4H3,(H,27,30). The Morgan fingerprint density at radius 3 is 2.69 bits per heavy atom. The third kappa shape index (κ3) is 6.48. The van der Waals surface area contributed by atoms with Crippen molar-refractivity contribution in [2.45, 2.75) is 32.7 Å². The zero-order valence-electron chi connectivity index (χ0n) is 21.8. The molecule has 2 heterocycles. The zero-order valence-corrected chi connectivity index (χ0v) is 24.3. The molecule has 1 atom stereocenters. The molecule has 13 heteroatoms. The molecule has 1 aromatic carbocycles. The summed E-state index contributed by atoms with van der Waals surface area (Å²) in [6, 6.07) is 5.40. The second-order valence-electron chi connectivity index (χ2n) is 9.25. The van der Waals surface area contributed by atoms with E-state index in [-0.39, 0.29) is 10.6 Å². The maximum Gasteiger partial charge on any atom is 0.341 e. The number of amides is 2. The minimum Gasteiger partial charge on any atom is -0.497 e. The summed E-state index contributed by atoms with van der Waals surface area (Å²) in [5.74, 6) is -3.10. The first-order valence-electron chi connectivity index (χ1n) is 12.1. The quantitative estimate of drug-likeness (QED) is 0.298. The molecule has 3 aromatic rings. The van der Waals surface area contributed by atoms with Gasteiger partial charge in [-0.1, -0.05) is 24.3 Å². The molecule has 0 aliphatic heterocycles. The molecule has 0 saturated carbocycles. The van der Waals surface area contributed by atoms with E-state index in [1.165, 1.54) is 29.8 Å². The van der Waals surface area contributed by atoms with E-state index in [1.54, 1.807) is 29.9 Å². The Balaban J connectivity index is 1.52. The van der Waals surface area contributed by atoms with Gasteiger partial charge in [0.25, 0.3) is 5.91 Å². The number of benzene rings is 1. The fraction of sp³-hybridized carbons (Fsp3) is 0.385. The van der Waals surface area contributed by atoms with Crippen LogP contribution in [0.15, 0.2) is 35.8 Å². The number of thiazole rings is 1. The summed E-state index contributed by atoms with van der Waals surface area (Å²) in [6.07, 6.45) is 4.00. The van der Waals surface area contributed by atoms with Crippen LogP contribution in [0.3, 0.4) is 0 Å². The van der Waals surface area contributed by atoms with Crippen molar-refractivity contribution in [3.8, 4) is 5.75 Å². The highest BCUT2D eigenvalue weighted by molar-refractivity contribution is 7.92. The highest BCUT2D eigenvalue weighted by Gasteiger charge is 2.30. The van der Waals surface area contributed by atoms with Gasteiger partial charge in [-0.25, -0.2) is 13.2 Å². The number of nitrogens with one attached hydrogen (secondary N) is 1. The Labute approximate surface area is 233 Å². The Morgan fingerprint density at radius 2 is 2.00 bits per heavy atom. The number of fused-ring (bicyclic) bond motifs is 2. The predicted molar refractivity (Wildman–Crippen MR) is 151 cm³/mol. The van der Waals surface area contributed by atoms with Crippen LogP contribution in [0.25, 0.3) is 10.2 Å². The molecule has 208 valence electrons. The first kappa shape index (κ1) is 28.7. The molecule has 1 aliphatic carbocycles. The van der Waals surface area contributed by atoms with Crippen LogP contribution in [0, 0.1) is 5.92 Å². The molecular weight excluding hydrogens is 563 g/mol. The van der Waals surface area contributed by atoms with Crippen LogP contribution in [0.5, 0.6) is 5.75 Å². The molecule has 1 N–H and O–H groups in total. The van der Waals surface area contributed by atoms with Crippen LogP contribution in [0.2, 0.25) is 0 Å². The molecule has 1 aliphatic rings. The summed E-state index contributed by atoms with van der Waals surface area (Å²) < 4.78 is 38.2. The summed E-state index contributed by atoms with van der Waals surface area (Å²) >= 11 is 2.47. The van der Waals surface area contributed by atoms with E-state index in [1.807, 2.05) is 6.07 Å². The first-order valence-corrected chi connectivity index (χ1v) is 15.6. The molecule has 0 saturated heterocycles. The van der Waals surface area contributed by atoms with Crippen LogP contribution in [0.4, 0.5) is 5.00 Å².